The van der Waals surface area contributed by atoms with Crippen molar-refractivity contribution in [3.8, 4) is 0 Å². The lowest BCUT2D eigenvalue weighted by Gasteiger charge is -2.50. The Morgan fingerprint density at radius 3 is 2.28 bits per heavy atom. The molecule has 15 nitrogen and oxygen atoms in total. The number of carbonyl (C=O) groups excluding carboxylic acids is 5. The number of aliphatic hydroxyl groups excluding tert-OH is 2. The topological polar surface area (TPSA) is 205 Å². The van der Waals surface area contributed by atoms with Crippen LogP contribution in [0.5, 0.6) is 0 Å². The predicted octanol–water partition coefficient (Wildman–Crippen LogP) is 5.42. The van der Waals surface area contributed by atoms with Crippen molar-refractivity contribution in [1.82, 2.24) is 4.90 Å². The highest BCUT2D eigenvalue weighted by atomic mass is 16.6. The maximum atomic E-state index is 14.5. The zero-order valence-electron chi connectivity index (χ0n) is 41.3. The number of nitrogens with zero attached hydrogens (tertiary/aromatic N) is 1. The Morgan fingerprint density at radius 1 is 0.851 bits per heavy atom. The number of ether oxygens (including phenoxy) is 6. The Hall–Kier alpha value is -3.41. The fourth-order valence-corrected chi connectivity index (χ4v) is 11.3. The number of aliphatic hydroxyl groups is 3. The summed E-state index contributed by atoms with van der Waals surface area (Å²) in [7, 11) is 4.59. The number of hydrogen-bond acceptors (Lipinski definition) is 14. The van der Waals surface area contributed by atoms with E-state index >= 15 is 0 Å². The van der Waals surface area contributed by atoms with E-state index in [0.717, 1.165) is 12.0 Å². The molecular formula is C52H79NO14. The molecule has 16 atom stereocenters. The first-order valence-electron chi connectivity index (χ1n) is 24.6. The molecule has 0 spiro atoms. The monoisotopic (exact) mass is 942 g/mol. The molecule has 3 N–H and O–H groups in total. The minimum atomic E-state index is -2.44. The highest BCUT2D eigenvalue weighted by Crippen LogP contribution is 2.45. The summed E-state index contributed by atoms with van der Waals surface area (Å²) in [4.78, 5) is 72.4. The Morgan fingerprint density at radius 2 is 1.60 bits per heavy atom. The van der Waals surface area contributed by atoms with Crippen molar-refractivity contribution >= 4 is 29.2 Å². The molecule has 0 aromatic rings. The van der Waals surface area contributed by atoms with Gasteiger partial charge >= 0.3 is 5.97 Å². The summed E-state index contributed by atoms with van der Waals surface area (Å²) >= 11 is 0. The number of fused-ring (bicyclic) bond motifs is 3. The number of esters is 1. The maximum Gasteiger partial charge on any atom is 0.329 e. The van der Waals surface area contributed by atoms with Gasteiger partial charge in [0.25, 0.3) is 11.7 Å². The van der Waals surface area contributed by atoms with Gasteiger partial charge in [-0.2, -0.15) is 0 Å². The fraction of sp³-hybridized carbons (Fsp3) is 0.750. The van der Waals surface area contributed by atoms with E-state index in [2.05, 4.69) is 0 Å². The van der Waals surface area contributed by atoms with E-state index in [9.17, 15) is 39.3 Å². The van der Waals surface area contributed by atoms with E-state index in [1.807, 2.05) is 51.2 Å². The van der Waals surface area contributed by atoms with Gasteiger partial charge in [-0.15, -0.1) is 0 Å². The van der Waals surface area contributed by atoms with Gasteiger partial charge in [-0.1, -0.05) is 64.2 Å². The highest BCUT2D eigenvalue weighted by Gasteiger charge is 2.57. The van der Waals surface area contributed by atoms with Gasteiger partial charge in [0.1, 0.15) is 30.1 Å². The molecule has 1 aliphatic carbocycles. The van der Waals surface area contributed by atoms with Gasteiger partial charge in [0.15, 0.2) is 5.78 Å². The Balaban J connectivity index is 1.51. The van der Waals surface area contributed by atoms with Crippen LogP contribution in [-0.2, 0) is 52.4 Å². The maximum absolute atomic E-state index is 14.5. The van der Waals surface area contributed by atoms with E-state index in [0.29, 0.717) is 63.4 Å². The number of piperidine rings is 1. The van der Waals surface area contributed by atoms with Gasteiger partial charge in [-0.3, -0.25) is 19.2 Å². The number of ketones is 3. The number of Topliss-reactive ketones (excluding diaryl/α,β-unsaturated/α-hetero) is 3. The Labute approximate surface area is 397 Å². The molecule has 5 aliphatic rings. The van der Waals surface area contributed by atoms with Gasteiger partial charge in [-0.05, 0) is 101 Å². The summed E-state index contributed by atoms with van der Waals surface area (Å²) in [6, 6.07) is -1.13. The second-order valence-corrected chi connectivity index (χ2v) is 20.1. The molecule has 0 aromatic heterocycles. The third-order valence-electron chi connectivity index (χ3n) is 15.3. The molecule has 4 aliphatic heterocycles. The fourth-order valence-electron chi connectivity index (χ4n) is 11.3. The molecule has 6 bridgehead atoms. The molecule has 4 heterocycles. The first-order valence-corrected chi connectivity index (χ1v) is 24.6. The zero-order valence-corrected chi connectivity index (χ0v) is 41.3. The third-order valence-corrected chi connectivity index (χ3v) is 15.3. The van der Waals surface area contributed by atoms with Gasteiger partial charge in [0, 0.05) is 64.4 Å². The zero-order chi connectivity index (χ0) is 49.2. The minimum absolute atomic E-state index is 0.0196. The lowest BCUT2D eigenvalue weighted by Crippen LogP contribution is -2.65. The van der Waals surface area contributed by atoms with Crippen molar-refractivity contribution in [3.05, 3.63) is 47.6 Å². The smallest absolute Gasteiger partial charge is 0.329 e. The van der Waals surface area contributed by atoms with Crippen LogP contribution < -0.4 is 0 Å². The van der Waals surface area contributed by atoms with Crippen molar-refractivity contribution in [2.24, 2.45) is 41.4 Å². The Kier molecular flexibility index (Phi) is 20.3. The van der Waals surface area contributed by atoms with Gasteiger partial charge in [-0.25, -0.2) is 4.79 Å². The van der Waals surface area contributed by atoms with Crippen LogP contribution in [-0.4, -0.2) is 145 Å². The van der Waals surface area contributed by atoms with Crippen LogP contribution in [0.3, 0.4) is 0 Å². The molecule has 15 heteroatoms. The van der Waals surface area contributed by atoms with E-state index < -0.39 is 89.6 Å². The summed E-state index contributed by atoms with van der Waals surface area (Å²) in [5.41, 5.74) is 1.28. The number of hydrogen-bond donors (Lipinski definition) is 3. The molecule has 67 heavy (non-hydrogen) atoms. The van der Waals surface area contributed by atoms with Crippen LogP contribution in [0.25, 0.3) is 0 Å². The predicted molar refractivity (Wildman–Crippen MR) is 249 cm³/mol. The standard InChI is InChI=1S/C52H79NO14/c1-30-14-11-10-12-15-31(2)42(62-7)28-37-19-17-35(6)52(61,67-37)49(58)50(59)53-21-13-16-38-39(26-36-18-20-41(65-23-22-54)44(27-36)63-8)43(66-51(60)45(38)53)29-40(55)32(3)25-34(5)47(57)48(64-9)46(56)33(4)24-30/h10-12,14-15,25,30,32-33,35-39,41-45,47-48,54,57,61H,13,16-24,26-29H2,1-9H3/b12-10+,14-11+,31-15?,34-25+/t30-,32-,33-,35-,36+,37?,38?,39+,41-,42+,43+,44-,45+,47-,48+,52-/m1/s1. The van der Waals surface area contributed by atoms with Crippen LogP contribution >= 0.6 is 0 Å². The summed E-state index contributed by atoms with van der Waals surface area (Å²) in [6.45, 7) is 11.0. The molecule has 376 valence electrons. The van der Waals surface area contributed by atoms with Gasteiger partial charge in [0.05, 0.1) is 37.6 Å². The number of methoxy groups -OCH3 is 3. The normalized spacial score (nSPS) is 41.0. The molecule has 1 amide bonds. The summed E-state index contributed by atoms with van der Waals surface area (Å²) in [5.74, 6) is -8.43. The average Bonchev–Trinajstić information content (AvgIpc) is 3.31. The molecule has 3 saturated heterocycles. The van der Waals surface area contributed by atoms with E-state index in [-0.39, 0.29) is 61.8 Å². The lowest BCUT2D eigenvalue weighted by molar-refractivity contribution is -0.266. The van der Waals surface area contributed by atoms with Crippen molar-refractivity contribution in [2.75, 3.05) is 41.1 Å². The molecule has 5 rings (SSSR count). The van der Waals surface area contributed by atoms with Crippen LogP contribution in [0.4, 0.5) is 0 Å². The molecular weight excluding hydrogens is 863 g/mol. The number of carbonyl (C=O) groups is 5. The third kappa shape index (κ3) is 13.3. The van der Waals surface area contributed by atoms with Gasteiger partial charge in [0.2, 0.25) is 5.79 Å². The molecule has 1 saturated carbocycles. The van der Waals surface area contributed by atoms with Crippen LogP contribution in [0, 0.1) is 41.4 Å². The molecule has 0 aromatic carbocycles. The molecule has 0 radical (unpaired) electrons. The van der Waals surface area contributed by atoms with E-state index in [4.69, 9.17) is 28.4 Å². The summed E-state index contributed by atoms with van der Waals surface area (Å²) < 4.78 is 35.6. The quantitative estimate of drug-likeness (QED) is 0.158. The van der Waals surface area contributed by atoms with Crippen LogP contribution in [0.2, 0.25) is 0 Å². The SMILES string of the molecule is CO[C@H]1CC2CC[C@@H](C)[C@@](O)(O2)C(=O)C(=O)N2CCCC3[C@H]2C(=O)O[C@@H](CC(=O)[C@H](C)/C=C(\C)[C@@H](O)[C@@H](OC)C(=O)[C@H](C)C[C@H](C)/C=C/C=C/C=C1C)[C@H]3C[C@@H]1CC[C@@H](OCCO)[C@H](OC)C1. The van der Waals surface area contributed by atoms with Crippen molar-refractivity contribution in [3.63, 3.8) is 0 Å². The average molecular weight is 942 g/mol. The summed E-state index contributed by atoms with van der Waals surface area (Å²) in [6.07, 6.45) is 11.6. The van der Waals surface area contributed by atoms with Crippen molar-refractivity contribution < 1.29 is 67.7 Å². The lowest BCUT2D eigenvalue weighted by atomic mass is 9.68. The minimum Gasteiger partial charge on any atom is -0.460 e. The van der Waals surface area contributed by atoms with Crippen LogP contribution in [0.15, 0.2) is 47.6 Å². The van der Waals surface area contributed by atoms with E-state index in [1.165, 1.54) is 12.0 Å². The summed E-state index contributed by atoms with van der Waals surface area (Å²) in [5, 5.41) is 32.9. The first kappa shape index (κ1) is 54.5. The van der Waals surface area contributed by atoms with Crippen LogP contribution in [0.1, 0.15) is 112 Å². The molecule has 2 unspecified atom stereocenters. The van der Waals surface area contributed by atoms with E-state index in [1.54, 1.807) is 41.1 Å². The Bertz CT molecular complexity index is 1840. The van der Waals surface area contributed by atoms with Crippen molar-refractivity contribution in [2.45, 2.75) is 167 Å². The largest absolute Gasteiger partial charge is 0.460 e. The molecule has 4 fully saturated rings. The van der Waals surface area contributed by atoms with Crippen molar-refractivity contribution in [1.29, 1.82) is 0 Å². The number of allylic oxidation sites excluding steroid dienone is 6. The first-order chi connectivity index (χ1) is 31.9. The highest BCUT2D eigenvalue weighted by molar-refractivity contribution is 6.39. The van der Waals surface area contributed by atoms with Gasteiger partial charge < -0.3 is 48.6 Å². The second kappa shape index (κ2) is 24.9. The second-order valence-electron chi connectivity index (χ2n) is 20.1. The number of amides is 1. The number of rotatable bonds is 8.